The zero-order chi connectivity index (χ0) is 34.1. The van der Waals surface area contributed by atoms with Gasteiger partial charge in [0.05, 0.1) is 11.4 Å². The molecule has 2 heterocycles. The molecule has 0 spiro atoms. The van der Waals surface area contributed by atoms with E-state index in [0.717, 1.165) is 44.2 Å². The Balaban J connectivity index is 1.13. The molecule has 51 heavy (non-hydrogen) atoms. The number of pyridine rings is 1. The van der Waals surface area contributed by atoms with Gasteiger partial charge >= 0.3 is 0 Å². The Morgan fingerprint density at radius 1 is 0.431 bits per heavy atom. The minimum atomic E-state index is -0.124. The van der Waals surface area contributed by atoms with Gasteiger partial charge in [0.2, 0.25) is 0 Å². The van der Waals surface area contributed by atoms with Crippen molar-refractivity contribution in [2.45, 2.75) is 19.3 Å². The van der Waals surface area contributed by atoms with E-state index in [2.05, 4.69) is 146 Å². The van der Waals surface area contributed by atoms with E-state index in [1.54, 1.807) is 0 Å². The van der Waals surface area contributed by atoms with Gasteiger partial charge in [-0.3, -0.25) is 4.98 Å². The number of rotatable bonds is 4. The zero-order valence-electron chi connectivity index (χ0n) is 28.4. The fourth-order valence-electron chi connectivity index (χ4n) is 8.24. The van der Waals surface area contributed by atoms with Crippen molar-refractivity contribution in [3.8, 4) is 56.2 Å². The smallest absolute Gasteiger partial charge is 0.160 e. The second-order valence-electron chi connectivity index (χ2n) is 14.1. The highest BCUT2D eigenvalue weighted by Crippen LogP contribution is 2.52. The monoisotopic (exact) mass is 651 g/mol. The maximum absolute atomic E-state index is 5.20. The van der Waals surface area contributed by atoms with Crippen molar-refractivity contribution in [3.05, 3.63) is 175 Å². The van der Waals surface area contributed by atoms with Gasteiger partial charge in [-0.2, -0.15) is 0 Å². The molecule has 0 amide bonds. The lowest BCUT2D eigenvalue weighted by Gasteiger charge is -2.24. The van der Waals surface area contributed by atoms with E-state index in [1.807, 2.05) is 36.7 Å². The Bertz CT molecular complexity index is 2830. The lowest BCUT2D eigenvalue weighted by molar-refractivity contribution is 0.666. The van der Waals surface area contributed by atoms with E-state index in [4.69, 9.17) is 9.97 Å². The number of fused-ring (bicyclic) bond motifs is 7. The van der Waals surface area contributed by atoms with Gasteiger partial charge in [-0.25, -0.2) is 9.97 Å². The van der Waals surface area contributed by atoms with Crippen molar-refractivity contribution in [2.24, 2.45) is 0 Å². The molecule has 0 saturated heterocycles. The standard InChI is InChI=1S/C48H33N3/c1-48(2)43-27-33(19-20-40(43)42-21-18-31-10-6-7-13-37(31)46(42)48)36-22-23-41(39-15-9-8-14-38(36)39)45-28-44(50-47(51-45)32-11-4-3-5-12-32)34-17-16-30-24-25-49-29-35(30)26-34/h3-29H,1-2H3. The second-order valence-corrected chi connectivity index (χ2v) is 14.1. The van der Waals surface area contributed by atoms with E-state index in [-0.39, 0.29) is 5.41 Å². The predicted octanol–water partition coefficient (Wildman–Crippen LogP) is 12.3. The molecule has 0 bridgehead atoms. The van der Waals surface area contributed by atoms with Crippen LogP contribution in [0.1, 0.15) is 25.0 Å². The fraction of sp³-hybridized carbons (Fsp3) is 0.0625. The quantitative estimate of drug-likeness (QED) is 0.190. The summed E-state index contributed by atoms with van der Waals surface area (Å²) >= 11 is 0. The molecular formula is C48H33N3. The first-order valence-electron chi connectivity index (χ1n) is 17.5. The molecule has 3 heteroatoms. The number of hydrogen-bond donors (Lipinski definition) is 0. The van der Waals surface area contributed by atoms with Crippen molar-refractivity contribution in [3.63, 3.8) is 0 Å². The van der Waals surface area contributed by atoms with Crippen LogP contribution in [0, 0.1) is 0 Å². The van der Waals surface area contributed by atoms with Crippen LogP contribution in [0.5, 0.6) is 0 Å². The zero-order valence-corrected chi connectivity index (χ0v) is 28.4. The SMILES string of the molecule is CC1(C)c2cc(-c3ccc(-c4cc(-c5ccc6ccncc6c5)nc(-c5ccccc5)n4)c4ccccc34)ccc2-c2ccc3ccccc3c21. The van der Waals surface area contributed by atoms with Crippen molar-refractivity contribution in [1.29, 1.82) is 0 Å². The maximum atomic E-state index is 5.20. The van der Waals surface area contributed by atoms with Crippen LogP contribution >= 0.6 is 0 Å². The number of aromatic nitrogens is 3. The first-order valence-corrected chi connectivity index (χ1v) is 17.5. The van der Waals surface area contributed by atoms with Crippen LogP contribution in [0.15, 0.2) is 164 Å². The van der Waals surface area contributed by atoms with Crippen LogP contribution in [-0.4, -0.2) is 15.0 Å². The molecule has 0 N–H and O–H groups in total. The Kier molecular flexibility index (Phi) is 6.53. The summed E-state index contributed by atoms with van der Waals surface area (Å²) in [5, 5.41) is 7.23. The molecule has 0 atom stereocenters. The highest BCUT2D eigenvalue weighted by Gasteiger charge is 2.37. The van der Waals surface area contributed by atoms with Crippen molar-refractivity contribution < 1.29 is 0 Å². The lowest BCUT2D eigenvalue weighted by atomic mass is 9.79. The average molecular weight is 652 g/mol. The summed E-state index contributed by atoms with van der Waals surface area (Å²) in [6, 6.07) is 54.5. The van der Waals surface area contributed by atoms with E-state index in [9.17, 15) is 0 Å². The van der Waals surface area contributed by atoms with Gasteiger partial charge in [-0.05, 0) is 84.6 Å². The summed E-state index contributed by atoms with van der Waals surface area (Å²) in [6.45, 7) is 4.75. The van der Waals surface area contributed by atoms with Crippen LogP contribution in [0.3, 0.4) is 0 Å². The molecule has 2 aromatic heterocycles. The van der Waals surface area contributed by atoms with Gasteiger partial charge in [-0.15, -0.1) is 0 Å². The van der Waals surface area contributed by atoms with Crippen molar-refractivity contribution >= 4 is 32.3 Å². The van der Waals surface area contributed by atoms with Crippen LogP contribution < -0.4 is 0 Å². The molecule has 0 fully saturated rings. The molecule has 0 saturated carbocycles. The van der Waals surface area contributed by atoms with E-state index in [1.165, 1.54) is 49.5 Å². The third kappa shape index (κ3) is 4.69. The topological polar surface area (TPSA) is 38.7 Å². The Labute approximate surface area is 297 Å². The summed E-state index contributed by atoms with van der Waals surface area (Å²) in [4.78, 5) is 14.7. The van der Waals surface area contributed by atoms with Crippen LogP contribution in [-0.2, 0) is 5.41 Å². The summed E-state index contributed by atoms with van der Waals surface area (Å²) in [5.74, 6) is 0.704. The van der Waals surface area contributed by atoms with Gasteiger partial charge < -0.3 is 0 Å². The molecular weight excluding hydrogens is 619 g/mol. The average Bonchev–Trinajstić information content (AvgIpc) is 3.43. The van der Waals surface area contributed by atoms with Gasteiger partial charge in [0, 0.05) is 39.9 Å². The first-order chi connectivity index (χ1) is 25.0. The summed E-state index contributed by atoms with van der Waals surface area (Å²) in [5.41, 5.74) is 12.7. The molecule has 10 rings (SSSR count). The molecule has 0 radical (unpaired) electrons. The van der Waals surface area contributed by atoms with Gasteiger partial charge in [0.15, 0.2) is 5.82 Å². The molecule has 3 nitrogen and oxygen atoms in total. The third-order valence-electron chi connectivity index (χ3n) is 10.7. The van der Waals surface area contributed by atoms with Gasteiger partial charge in [0.1, 0.15) is 0 Å². The molecule has 9 aromatic rings. The van der Waals surface area contributed by atoms with Crippen LogP contribution in [0.25, 0.3) is 88.5 Å². The van der Waals surface area contributed by atoms with Crippen molar-refractivity contribution in [1.82, 2.24) is 15.0 Å². The Morgan fingerprint density at radius 3 is 1.96 bits per heavy atom. The third-order valence-corrected chi connectivity index (χ3v) is 10.7. The minimum absolute atomic E-state index is 0.124. The largest absolute Gasteiger partial charge is 0.264 e. The van der Waals surface area contributed by atoms with E-state index >= 15 is 0 Å². The first kappa shape index (κ1) is 29.5. The molecule has 240 valence electrons. The Morgan fingerprint density at radius 2 is 1.10 bits per heavy atom. The van der Waals surface area contributed by atoms with Gasteiger partial charge in [-0.1, -0.05) is 141 Å². The predicted molar refractivity (Wildman–Crippen MR) is 212 cm³/mol. The normalized spacial score (nSPS) is 13.1. The van der Waals surface area contributed by atoms with E-state index in [0.29, 0.717) is 5.82 Å². The van der Waals surface area contributed by atoms with Gasteiger partial charge in [0.25, 0.3) is 0 Å². The molecule has 1 aliphatic carbocycles. The highest BCUT2D eigenvalue weighted by atomic mass is 14.9. The number of benzene rings is 7. The summed E-state index contributed by atoms with van der Waals surface area (Å²) < 4.78 is 0. The summed E-state index contributed by atoms with van der Waals surface area (Å²) in [7, 11) is 0. The van der Waals surface area contributed by atoms with Crippen LogP contribution in [0.4, 0.5) is 0 Å². The minimum Gasteiger partial charge on any atom is -0.264 e. The molecule has 0 unspecified atom stereocenters. The summed E-state index contributed by atoms with van der Waals surface area (Å²) in [6.07, 6.45) is 3.74. The van der Waals surface area contributed by atoms with E-state index < -0.39 is 0 Å². The molecule has 1 aliphatic rings. The van der Waals surface area contributed by atoms with Crippen LogP contribution in [0.2, 0.25) is 0 Å². The molecule has 7 aromatic carbocycles. The molecule has 0 aliphatic heterocycles. The van der Waals surface area contributed by atoms with Crippen molar-refractivity contribution in [2.75, 3.05) is 0 Å². The second kappa shape index (κ2) is 11.3. The fourth-order valence-corrected chi connectivity index (χ4v) is 8.24. The lowest BCUT2D eigenvalue weighted by Crippen LogP contribution is -2.15. The maximum Gasteiger partial charge on any atom is 0.160 e. The Hall–Kier alpha value is -6.45. The highest BCUT2D eigenvalue weighted by molar-refractivity contribution is 6.06. The number of nitrogens with zero attached hydrogens (tertiary/aromatic N) is 3. The number of hydrogen-bond acceptors (Lipinski definition) is 3.